The molecule has 2 aliphatic rings. The van der Waals surface area contributed by atoms with Crippen LogP contribution in [-0.2, 0) is 4.74 Å². The third kappa shape index (κ3) is 7.80. The Morgan fingerprint density at radius 2 is 1.79 bits per heavy atom. The molecule has 34 heavy (non-hydrogen) atoms. The first-order chi connectivity index (χ1) is 16.0. The maximum atomic E-state index is 11.0. The van der Waals surface area contributed by atoms with Crippen LogP contribution in [0.1, 0.15) is 138 Å². The molecule has 196 valence electrons. The van der Waals surface area contributed by atoms with Gasteiger partial charge in [-0.25, -0.2) is 0 Å². The van der Waals surface area contributed by atoms with Crippen molar-refractivity contribution in [3.05, 3.63) is 34.4 Å². The van der Waals surface area contributed by atoms with Crippen LogP contribution < -0.4 is 0 Å². The zero-order valence-corrected chi connectivity index (χ0v) is 23.4. The van der Waals surface area contributed by atoms with Crippen LogP contribution in [0.5, 0.6) is 0 Å². The fourth-order valence-electron chi connectivity index (χ4n) is 5.90. The van der Waals surface area contributed by atoms with E-state index in [4.69, 9.17) is 4.74 Å². The predicted molar refractivity (Wildman–Crippen MR) is 145 cm³/mol. The molecule has 3 heteroatoms. The molecule has 4 unspecified atom stereocenters. The van der Waals surface area contributed by atoms with Crippen LogP contribution in [0, 0.1) is 0 Å². The normalized spacial score (nSPS) is 29.6. The van der Waals surface area contributed by atoms with Crippen LogP contribution >= 0.6 is 0 Å². The second-order valence-corrected chi connectivity index (χ2v) is 11.8. The predicted octanol–water partition coefficient (Wildman–Crippen LogP) is 8.35. The summed E-state index contributed by atoms with van der Waals surface area (Å²) >= 11 is 0. The monoisotopic (exact) mass is 474 g/mol. The van der Waals surface area contributed by atoms with Gasteiger partial charge in [-0.3, -0.25) is 0 Å². The number of allylic oxidation sites excluding steroid dienone is 2. The summed E-state index contributed by atoms with van der Waals surface area (Å²) in [6, 6.07) is 0. The smallest absolute Gasteiger partial charge is 0.111 e. The lowest BCUT2D eigenvalue weighted by molar-refractivity contribution is -0.147. The first-order valence-electron chi connectivity index (χ1n) is 14.1. The molecule has 1 heterocycles. The van der Waals surface area contributed by atoms with E-state index in [-0.39, 0.29) is 11.2 Å². The van der Waals surface area contributed by atoms with Gasteiger partial charge in [0.25, 0.3) is 0 Å². The third-order valence-electron chi connectivity index (χ3n) is 8.50. The van der Waals surface area contributed by atoms with Gasteiger partial charge >= 0.3 is 0 Å². The number of fused-ring (bicyclic) bond motifs is 1. The second-order valence-electron chi connectivity index (χ2n) is 11.8. The average molecular weight is 475 g/mol. The van der Waals surface area contributed by atoms with Gasteiger partial charge in [0.2, 0.25) is 0 Å². The molecule has 0 aromatic rings. The van der Waals surface area contributed by atoms with Crippen LogP contribution in [0.2, 0.25) is 0 Å². The van der Waals surface area contributed by atoms with Crippen molar-refractivity contribution < 1.29 is 14.9 Å². The van der Waals surface area contributed by atoms with E-state index >= 15 is 0 Å². The van der Waals surface area contributed by atoms with E-state index in [1.807, 2.05) is 13.8 Å². The Hall–Kier alpha value is -0.900. The average Bonchev–Trinajstić information content (AvgIpc) is 2.77. The number of aliphatic hydroxyl groups is 2. The molecule has 0 bridgehead atoms. The van der Waals surface area contributed by atoms with E-state index in [0.717, 1.165) is 76.2 Å². The first-order valence-corrected chi connectivity index (χ1v) is 14.1. The minimum atomic E-state index is -0.610. The lowest BCUT2D eigenvalue weighted by atomic mass is 9.69. The second kappa shape index (κ2) is 12.9. The molecule has 0 aromatic carbocycles. The summed E-state index contributed by atoms with van der Waals surface area (Å²) in [7, 11) is 0. The van der Waals surface area contributed by atoms with E-state index in [2.05, 4.69) is 46.8 Å². The van der Waals surface area contributed by atoms with Crippen molar-refractivity contribution in [2.75, 3.05) is 0 Å². The molecule has 2 N–H and O–H groups in total. The Morgan fingerprint density at radius 3 is 2.47 bits per heavy atom. The van der Waals surface area contributed by atoms with Gasteiger partial charge in [-0.1, -0.05) is 51.2 Å². The number of ether oxygens (including phenoxy) is 1. The highest BCUT2D eigenvalue weighted by Crippen LogP contribution is 2.51. The summed E-state index contributed by atoms with van der Waals surface area (Å²) in [6.45, 7) is 15.2. The topological polar surface area (TPSA) is 49.7 Å². The Kier molecular flexibility index (Phi) is 11.1. The molecule has 0 aromatic heterocycles. The highest BCUT2D eigenvalue weighted by atomic mass is 16.5. The zero-order valence-electron chi connectivity index (χ0n) is 23.4. The quantitative estimate of drug-likeness (QED) is 0.196. The van der Waals surface area contributed by atoms with Crippen LogP contribution in [0.4, 0.5) is 0 Å². The SMILES string of the molecule is CCCCC=C(C)CCCC(C)(O)CCCC1(C)CCC2=CC(O)C(C)=C(C)C2(CCCC)O1. The Balaban J connectivity index is 1.94. The van der Waals surface area contributed by atoms with Gasteiger partial charge in [-0.05, 0) is 122 Å². The molecule has 1 fully saturated rings. The third-order valence-corrected chi connectivity index (χ3v) is 8.50. The number of unbranched alkanes of at least 4 members (excludes halogenated alkanes) is 3. The molecule has 2 rings (SSSR count). The van der Waals surface area contributed by atoms with Gasteiger partial charge in [-0.2, -0.15) is 0 Å². The maximum absolute atomic E-state index is 11.0. The van der Waals surface area contributed by atoms with E-state index in [0.29, 0.717) is 0 Å². The summed E-state index contributed by atoms with van der Waals surface area (Å²) in [5.41, 5.74) is 3.85. The molecule has 1 aliphatic carbocycles. The molecule has 0 saturated carbocycles. The van der Waals surface area contributed by atoms with Crippen LogP contribution in [0.15, 0.2) is 34.4 Å². The van der Waals surface area contributed by atoms with Gasteiger partial charge < -0.3 is 14.9 Å². The Labute approximate surface area is 210 Å². The standard InChI is InChI=1S/C31H54O3/c1-8-10-12-15-24(3)16-13-18-29(6,33)19-14-20-30(7)22-17-27-23-28(32)25(4)26(5)31(27,34-30)21-11-9-2/h15,23,28,32-33H,8-14,16-22H2,1-7H3. The van der Waals surface area contributed by atoms with Crippen LogP contribution in [-0.4, -0.2) is 33.1 Å². The van der Waals surface area contributed by atoms with Gasteiger partial charge in [0.05, 0.1) is 17.3 Å². The van der Waals surface area contributed by atoms with E-state index in [1.54, 1.807) is 0 Å². The molecule has 0 radical (unpaired) electrons. The van der Waals surface area contributed by atoms with E-state index in [9.17, 15) is 10.2 Å². The fourth-order valence-corrected chi connectivity index (χ4v) is 5.90. The molecular weight excluding hydrogens is 420 g/mol. The summed E-state index contributed by atoms with van der Waals surface area (Å²) in [5.74, 6) is 0. The minimum absolute atomic E-state index is 0.191. The van der Waals surface area contributed by atoms with Crippen LogP contribution in [0.25, 0.3) is 0 Å². The molecule has 4 atom stereocenters. The van der Waals surface area contributed by atoms with Crippen molar-refractivity contribution >= 4 is 0 Å². The van der Waals surface area contributed by atoms with Crippen LogP contribution in [0.3, 0.4) is 0 Å². The lowest BCUT2D eigenvalue weighted by Crippen LogP contribution is -2.51. The maximum Gasteiger partial charge on any atom is 0.111 e. The van der Waals surface area contributed by atoms with Crippen molar-refractivity contribution in [2.24, 2.45) is 0 Å². The van der Waals surface area contributed by atoms with Crippen molar-refractivity contribution in [1.82, 2.24) is 0 Å². The highest BCUT2D eigenvalue weighted by molar-refractivity contribution is 5.44. The molecule has 0 spiro atoms. The van der Waals surface area contributed by atoms with Crippen molar-refractivity contribution in [1.29, 1.82) is 0 Å². The number of rotatable bonds is 14. The largest absolute Gasteiger partial charge is 0.390 e. The summed E-state index contributed by atoms with van der Waals surface area (Å²) in [6.07, 6.45) is 18.6. The van der Waals surface area contributed by atoms with E-state index in [1.165, 1.54) is 36.0 Å². The van der Waals surface area contributed by atoms with Gasteiger partial charge in [0, 0.05) is 0 Å². The van der Waals surface area contributed by atoms with Crippen molar-refractivity contribution in [2.45, 2.75) is 161 Å². The molecule has 1 aliphatic heterocycles. The zero-order chi connectivity index (χ0) is 25.4. The minimum Gasteiger partial charge on any atom is -0.390 e. The summed E-state index contributed by atoms with van der Waals surface area (Å²) in [4.78, 5) is 0. The molecule has 3 nitrogen and oxygen atoms in total. The van der Waals surface area contributed by atoms with Gasteiger partial charge in [0.1, 0.15) is 5.60 Å². The lowest BCUT2D eigenvalue weighted by Gasteiger charge is -2.52. The Morgan fingerprint density at radius 1 is 1.12 bits per heavy atom. The van der Waals surface area contributed by atoms with Crippen molar-refractivity contribution in [3.63, 3.8) is 0 Å². The van der Waals surface area contributed by atoms with Gasteiger partial charge in [-0.15, -0.1) is 0 Å². The number of hydrogen-bond acceptors (Lipinski definition) is 3. The molecule has 1 saturated heterocycles. The van der Waals surface area contributed by atoms with E-state index < -0.39 is 11.7 Å². The summed E-state index contributed by atoms with van der Waals surface area (Å²) < 4.78 is 7.05. The highest BCUT2D eigenvalue weighted by Gasteiger charge is 2.49. The fraction of sp³-hybridized carbons (Fsp3) is 0.806. The summed E-state index contributed by atoms with van der Waals surface area (Å²) in [5, 5.41) is 21.5. The number of hydrogen-bond donors (Lipinski definition) is 2. The molecule has 0 amide bonds. The van der Waals surface area contributed by atoms with Gasteiger partial charge in [0.15, 0.2) is 0 Å². The molecular formula is C31H54O3. The first kappa shape index (κ1) is 29.3. The number of aliphatic hydroxyl groups excluding tert-OH is 1. The Bertz CT molecular complexity index is 744. The van der Waals surface area contributed by atoms with Crippen molar-refractivity contribution in [3.8, 4) is 0 Å².